The molecule has 0 amide bonds. The van der Waals surface area contributed by atoms with Crippen molar-refractivity contribution in [2.45, 2.75) is 39.4 Å². The highest BCUT2D eigenvalue weighted by Gasteiger charge is 2.24. The van der Waals surface area contributed by atoms with Gasteiger partial charge < -0.3 is 14.6 Å². The van der Waals surface area contributed by atoms with Crippen LogP contribution in [0.3, 0.4) is 0 Å². The fourth-order valence-electron chi connectivity index (χ4n) is 2.70. The van der Waals surface area contributed by atoms with Crippen LogP contribution in [-0.2, 0) is 13.1 Å². The number of nitrogens with one attached hydrogen (secondary N) is 1. The number of likely N-dealkylation sites (N-methyl/N-ethyl adjacent to an activating group) is 1. The van der Waals surface area contributed by atoms with Crippen LogP contribution in [0.15, 0.2) is 10.5 Å². The molecule has 4 nitrogen and oxygen atoms in total. The minimum Gasteiger partial charge on any atom is -0.465 e. The van der Waals surface area contributed by atoms with E-state index in [1.165, 1.54) is 25.1 Å². The fourth-order valence-corrected chi connectivity index (χ4v) is 2.70. The lowest BCUT2D eigenvalue weighted by molar-refractivity contribution is 0.264. The van der Waals surface area contributed by atoms with Crippen molar-refractivity contribution in [1.29, 1.82) is 0 Å². The molecule has 1 unspecified atom stereocenters. The minimum atomic E-state index is 0.702. The Morgan fingerprint density at radius 3 is 2.89 bits per heavy atom. The van der Waals surface area contributed by atoms with Crippen LogP contribution >= 0.6 is 0 Å². The van der Waals surface area contributed by atoms with E-state index in [0.29, 0.717) is 6.04 Å². The summed E-state index contributed by atoms with van der Waals surface area (Å²) in [5.41, 5.74) is 1.34. The number of nitrogens with zero attached hydrogens (tertiary/aromatic N) is 2. The van der Waals surface area contributed by atoms with Gasteiger partial charge in [0, 0.05) is 31.2 Å². The van der Waals surface area contributed by atoms with Crippen LogP contribution in [0.1, 0.15) is 30.4 Å². The second kappa shape index (κ2) is 6.55. The van der Waals surface area contributed by atoms with Gasteiger partial charge in [0.2, 0.25) is 0 Å². The molecule has 19 heavy (non-hydrogen) atoms. The average molecular weight is 265 g/mol. The molecule has 1 fully saturated rings. The van der Waals surface area contributed by atoms with Crippen molar-refractivity contribution in [1.82, 2.24) is 15.1 Å². The van der Waals surface area contributed by atoms with E-state index in [-0.39, 0.29) is 0 Å². The van der Waals surface area contributed by atoms with Crippen molar-refractivity contribution in [2.24, 2.45) is 0 Å². The van der Waals surface area contributed by atoms with E-state index in [1.54, 1.807) is 0 Å². The van der Waals surface area contributed by atoms with Crippen LogP contribution in [0.5, 0.6) is 0 Å². The number of aryl methyl sites for hydroxylation is 1. The molecule has 1 aromatic heterocycles. The van der Waals surface area contributed by atoms with Gasteiger partial charge in [0.25, 0.3) is 0 Å². The SMILES string of the molecule is CCNCc1cc(CN2CCC(N(C)C)C2)c(C)o1. The van der Waals surface area contributed by atoms with Crippen LogP contribution in [-0.4, -0.2) is 49.6 Å². The Morgan fingerprint density at radius 2 is 2.26 bits per heavy atom. The first-order chi connectivity index (χ1) is 9.10. The Bertz CT molecular complexity index is 400. The molecule has 1 N–H and O–H groups in total. The van der Waals surface area contributed by atoms with Gasteiger partial charge in [-0.15, -0.1) is 0 Å². The van der Waals surface area contributed by atoms with Crippen LogP contribution in [0.4, 0.5) is 0 Å². The maximum Gasteiger partial charge on any atom is 0.118 e. The monoisotopic (exact) mass is 265 g/mol. The number of likely N-dealkylation sites (tertiary alicyclic amines) is 1. The van der Waals surface area contributed by atoms with Crippen molar-refractivity contribution >= 4 is 0 Å². The molecule has 2 rings (SSSR count). The third kappa shape index (κ3) is 3.81. The largest absolute Gasteiger partial charge is 0.465 e. The molecule has 0 saturated carbocycles. The molecule has 1 aliphatic rings. The molecule has 0 bridgehead atoms. The topological polar surface area (TPSA) is 31.6 Å². The summed E-state index contributed by atoms with van der Waals surface area (Å²) in [7, 11) is 4.34. The summed E-state index contributed by atoms with van der Waals surface area (Å²) >= 11 is 0. The van der Waals surface area contributed by atoms with Gasteiger partial charge in [0.05, 0.1) is 6.54 Å². The second-order valence-corrected chi connectivity index (χ2v) is 5.72. The molecule has 1 saturated heterocycles. The smallest absolute Gasteiger partial charge is 0.118 e. The van der Waals surface area contributed by atoms with Crippen LogP contribution in [0.2, 0.25) is 0 Å². The highest BCUT2D eigenvalue weighted by molar-refractivity contribution is 5.21. The number of hydrogen-bond acceptors (Lipinski definition) is 4. The predicted octanol–water partition coefficient (Wildman–Crippen LogP) is 1.83. The van der Waals surface area contributed by atoms with Gasteiger partial charge in [-0.05, 0) is 40.1 Å². The highest BCUT2D eigenvalue weighted by atomic mass is 16.3. The number of rotatable bonds is 6. The Morgan fingerprint density at radius 1 is 1.47 bits per heavy atom. The summed E-state index contributed by atoms with van der Waals surface area (Å²) in [6.45, 7) is 9.37. The molecular formula is C15H27N3O. The molecular weight excluding hydrogens is 238 g/mol. The molecule has 1 aliphatic heterocycles. The van der Waals surface area contributed by atoms with Crippen LogP contribution in [0.25, 0.3) is 0 Å². The van der Waals surface area contributed by atoms with Gasteiger partial charge >= 0.3 is 0 Å². The van der Waals surface area contributed by atoms with Crippen molar-refractivity contribution in [3.05, 3.63) is 23.2 Å². The summed E-state index contributed by atoms with van der Waals surface area (Å²) < 4.78 is 5.80. The summed E-state index contributed by atoms with van der Waals surface area (Å²) in [5.74, 6) is 2.12. The van der Waals surface area contributed by atoms with Crippen LogP contribution in [0, 0.1) is 6.92 Å². The zero-order valence-corrected chi connectivity index (χ0v) is 12.7. The van der Waals surface area contributed by atoms with Gasteiger partial charge in [0.15, 0.2) is 0 Å². The maximum atomic E-state index is 5.80. The van der Waals surface area contributed by atoms with E-state index in [1.807, 2.05) is 0 Å². The van der Waals surface area contributed by atoms with Gasteiger partial charge in [-0.25, -0.2) is 0 Å². The molecule has 1 atom stereocenters. The number of hydrogen-bond donors (Lipinski definition) is 1. The average Bonchev–Trinajstić information content (AvgIpc) is 2.95. The van der Waals surface area contributed by atoms with E-state index in [0.717, 1.165) is 31.2 Å². The maximum absolute atomic E-state index is 5.80. The van der Waals surface area contributed by atoms with Crippen molar-refractivity contribution in [3.63, 3.8) is 0 Å². The van der Waals surface area contributed by atoms with Crippen LogP contribution < -0.4 is 5.32 Å². The second-order valence-electron chi connectivity index (χ2n) is 5.72. The molecule has 0 spiro atoms. The lowest BCUT2D eigenvalue weighted by atomic mass is 10.2. The van der Waals surface area contributed by atoms with E-state index in [4.69, 9.17) is 4.42 Å². The van der Waals surface area contributed by atoms with Gasteiger partial charge in [0.1, 0.15) is 11.5 Å². The predicted molar refractivity (Wildman–Crippen MR) is 78.2 cm³/mol. The summed E-state index contributed by atoms with van der Waals surface area (Å²) in [5, 5.41) is 3.31. The molecule has 0 aliphatic carbocycles. The van der Waals surface area contributed by atoms with E-state index in [2.05, 4.69) is 49.1 Å². The zero-order chi connectivity index (χ0) is 13.8. The highest BCUT2D eigenvalue weighted by Crippen LogP contribution is 2.20. The van der Waals surface area contributed by atoms with Gasteiger partial charge in [-0.3, -0.25) is 4.90 Å². The quantitative estimate of drug-likeness (QED) is 0.850. The first-order valence-corrected chi connectivity index (χ1v) is 7.27. The Hall–Kier alpha value is -0.840. The van der Waals surface area contributed by atoms with Gasteiger partial charge in [-0.2, -0.15) is 0 Å². The van der Waals surface area contributed by atoms with Crippen molar-refractivity contribution in [2.75, 3.05) is 33.7 Å². The van der Waals surface area contributed by atoms with E-state index >= 15 is 0 Å². The lowest BCUT2D eigenvalue weighted by Crippen LogP contribution is -2.31. The first-order valence-electron chi connectivity index (χ1n) is 7.27. The van der Waals surface area contributed by atoms with Crippen molar-refractivity contribution < 1.29 is 4.42 Å². The molecule has 0 radical (unpaired) electrons. The van der Waals surface area contributed by atoms with Crippen molar-refractivity contribution in [3.8, 4) is 0 Å². The summed E-state index contributed by atoms with van der Waals surface area (Å²) in [6, 6.07) is 2.91. The molecule has 4 heteroatoms. The minimum absolute atomic E-state index is 0.702. The third-order valence-electron chi connectivity index (χ3n) is 3.99. The molecule has 0 aromatic carbocycles. The standard InChI is InChI=1S/C15H27N3O/c1-5-16-9-15-8-13(12(2)19-15)10-18-7-6-14(11-18)17(3)4/h8,14,16H,5-7,9-11H2,1-4H3. The normalized spacial score (nSPS) is 20.6. The zero-order valence-electron chi connectivity index (χ0n) is 12.7. The molecule has 108 valence electrons. The van der Waals surface area contributed by atoms with Gasteiger partial charge in [-0.1, -0.05) is 6.92 Å². The fraction of sp³-hybridized carbons (Fsp3) is 0.733. The Kier molecular flexibility index (Phi) is 5.02. The Labute approximate surface area is 116 Å². The Balaban J connectivity index is 1.91. The summed E-state index contributed by atoms with van der Waals surface area (Å²) in [6.07, 6.45) is 1.27. The molecule has 2 heterocycles. The van der Waals surface area contributed by atoms with E-state index < -0.39 is 0 Å². The third-order valence-corrected chi connectivity index (χ3v) is 3.99. The first kappa shape index (κ1) is 14.6. The molecule has 1 aromatic rings. The van der Waals surface area contributed by atoms with E-state index in [9.17, 15) is 0 Å². The lowest BCUT2D eigenvalue weighted by Gasteiger charge is -2.20. The summed E-state index contributed by atoms with van der Waals surface area (Å²) in [4.78, 5) is 4.86. The number of furan rings is 1.